The molecule has 0 aliphatic rings. The number of benzene rings is 1. The Hall–Kier alpha value is -0.800. The van der Waals surface area contributed by atoms with Gasteiger partial charge in [-0.1, -0.05) is 15.9 Å². The molecule has 68 valence electrons. The minimum Gasteiger partial charge on any atom is -0.357 e. The van der Waals surface area contributed by atoms with E-state index in [4.69, 9.17) is 5.73 Å². The Bertz CT molecular complexity index is 431. The number of nitrogens with two attached hydrogens (primary N) is 1. The van der Waals surface area contributed by atoms with E-state index in [0.717, 1.165) is 15.7 Å². The molecule has 1 atom stereocenters. The van der Waals surface area contributed by atoms with Gasteiger partial charge in [-0.2, -0.15) is 0 Å². The second-order valence-electron chi connectivity index (χ2n) is 3.24. The number of H-pyrrole nitrogens is 1. The zero-order valence-electron chi connectivity index (χ0n) is 7.34. The smallest absolute Gasteiger partial charge is 0.0457 e. The Labute approximate surface area is 85.3 Å². The number of aromatic nitrogens is 1. The maximum absolute atomic E-state index is 5.77. The molecule has 0 unspecified atom stereocenters. The lowest BCUT2D eigenvalue weighted by Crippen LogP contribution is -2.04. The summed E-state index contributed by atoms with van der Waals surface area (Å²) in [5.74, 6) is 0. The van der Waals surface area contributed by atoms with Crippen LogP contribution in [0, 0.1) is 0 Å². The summed E-state index contributed by atoms with van der Waals surface area (Å²) < 4.78 is 1.09. The molecular weight excluding hydrogens is 228 g/mol. The maximum Gasteiger partial charge on any atom is 0.0457 e. The maximum atomic E-state index is 5.77. The van der Waals surface area contributed by atoms with Gasteiger partial charge in [-0.05, 0) is 31.2 Å². The van der Waals surface area contributed by atoms with Crippen molar-refractivity contribution in [2.24, 2.45) is 5.73 Å². The van der Waals surface area contributed by atoms with E-state index in [2.05, 4.69) is 33.0 Å². The highest BCUT2D eigenvalue weighted by molar-refractivity contribution is 9.10. The van der Waals surface area contributed by atoms with Gasteiger partial charge < -0.3 is 10.7 Å². The largest absolute Gasteiger partial charge is 0.357 e. The molecule has 3 N–H and O–H groups in total. The summed E-state index contributed by atoms with van der Waals surface area (Å²) in [7, 11) is 0. The van der Waals surface area contributed by atoms with Crippen molar-refractivity contribution >= 4 is 26.8 Å². The summed E-state index contributed by atoms with van der Waals surface area (Å²) in [6, 6.07) is 8.29. The van der Waals surface area contributed by atoms with Gasteiger partial charge >= 0.3 is 0 Å². The van der Waals surface area contributed by atoms with E-state index < -0.39 is 0 Å². The van der Waals surface area contributed by atoms with Gasteiger partial charge in [0.25, 0.3) is 0 Å². The Morgan fingerprint density at radius 3 is 2.85 bits per heavy atom. The van der Waals surface area contributed by atoms with Crippen molar-refractivity contribution in [2.45, 2.75) is 13.0 Å². The number of nitrogens with one attached hydrogen (secondary N) is 1. The van der Waals surface area contributed by atoms with Crippen LogP contribution in [0.15, 0.2) is 28.7 Å². The van der Waals surface area contributed by atoms with E-state index in [0.29, 0.717) is 0 Å². The molecule has 3 heteroatoms. The predicted molar refractivity (Wildman–Crippen MR) is 58.6 cm³/mol. The molecule has 0 aliphatic heterocycles. The number of hydrogen-bond donors (Lipinski definition) is 2. The highest BCUT2D eigenvalue weighted by Gasteiger charge is 2.03. The van der Waals surface area contributed by atoms with Crippen LogP contribution in [0.4, 0.5) is 0 Å². The molecule has 0 aliphatic carbocycles. The minimum atomic E-state index is 0.0613. The Kier molecular flexibility index (Phi) is 2.14. The molecular formula is C10H11BrN2. The van der Waals surface area contributed by atoms with Crippen LogP contribution >= 0.6 is 15.9 Å². The van der Waals surface area contributed by atoms with Crippen LogP contribution < -0.4 is 5.73 Å². The van der Waals surface area contributed by atoms with Crippen molar-refractivity contribution in [1.29, 1.82) is 0 Å². The van der Waals surface area contributed by atoms with Gasteiger partial charge in [-0.3, -0.25) is 0 Å². The van der Waals surface area contributed by atoms with Gasteiger partial charge in [0.05, 0.1) is 0 Å². The van der Waals surface area contributed by atoms with E-state index in [1.807, 2.05) is 19.1 Å². The molecule has 1 aromatic carbocycles. The van der Waals surface area contributed by atoms with Crippen LogP contribution in [-0.2, 0) is 0 Å². The van der Waals surface area contributed by atoms with Gasteiger partial charge in [0.1, 0.15) is 0 Å². The Morgan fingerprint density at radius 1 is 1.38 bits per heavy atom. The third-order valence-electron chi connectivity index (χ3n) is 2.09. The van der Waals surface area contributed by atoms with Crippen molar-refractivity contribution in [3.8, 4) is 0 Å². The molecule has 13 heavy (non-hydrogen) atoms. The van der Waals surface area contributed by atoms with E-state index in [1.54, 1.807) is 0 Å². The zero-order valence-corrected chi connectivity index (χ0v) is 8.93. The van der Waals surface area contributed by atoms with Gasteiger partial charge in [-0.15, -0.1) is 0 Å². The summed E-state index contributed by atoms with van der Waals surface area (Å²) in [6.07, 6.45) is 0. The SMILES string of the molecule is C[C@@H](N)c1cc2cc(Br)ccc2[nH]1. The first kappa shape index (κ1) is 8.78. The number of aromatic amines is 1. The monoisotopic (exact) mass is 238 g/mol. The van der Waals surface area contributed by atoms with Crippen molar-refractivity contribution in [2.75, 3.05) is 0 Å². The lowest BCUT2D eigenvalue weighted by molar-refractivity contribution is 0.792. The molecule has 0 bridgehead atoms. The van der Waals surface area contributed by atoms with Crippen molar-refractivity contribution in [3.63, 3.8) is 0 Å². The normalized spacial score (nSPS) is 13.5. The van der Waals surface area contributed by atoms with Crippen LogP contribution in [0.3, 0.4) is 0 Å². The third-order valence-corrected chi connectivity index (χ3v) is 2.59. The fourth-order valence-electron chi connectivity index (χ4n) is 1.37. The molecule has 0 saturated heterocycles. The second kappa shape index (κ2) is 3.16. The molecule has 2 aromatic rings. The summed E-state index contributed by atoms with van der Waals surface area (Å²) in [5, 5.41) is 1.20. The molecule has 0 saturated carbocycles. The minimum absolute atomic E-state index is 0.0613. The highest BCUT2D eigenvalue weighted by atomic mass is 79.9. The fourth-order valence-corrected chi connectivity index (χ4v) is 1.75. The van der Waals surface area contributed by atoms with Crippen LogP contribution in [-0.4, -0.2) is 4.98 Å². The second-order valence-corrected chi connectivity index (χ2v) is 4.16. The van der Waals surface area contributed by atoms with Crippen LogP contribution in [0.5, 0.6) is 0 Å². The first-order chi connectivity index (χ1) is 6.16. The molecule has 2 nitrogen and oxygen atoms in total. The summed E-state index contributed by atoms with van der Waals surface area (Å²) in [6.45, 7) is 1.97. The molecule has 2 rings (SSSR count). The summed E-state index contributed by atoms with van der Waals surface area (Å²) >= 11 is 3.43. The number of rotatable bonds is 1. The van der Waals surface area contributed by atoms with Crippen molar-refractivity contribution in [1.82, 2.24) is 4.98 Å². The zero-order chi connectivity index (χ0) is 9.42. The van der Waals surface area contributed by atoms with E-state index in [9.17, 15) is 0 Å². The average molecular weight is 239 g/mol. The fraction of sp³-hybridized carbons (Fsp3) is 0.200. The van der Waals surface area contributed by atoms with Crippen molar-refractivity contribution in [3.05, 3.63) is 34.4 Å². The van der Waals surface area contributed by atoms with E-state index in [-0.39, 0.29) is 6.04 Å². The highest BCUT2D eigenvalue weighted by Crippen LogP contribution is 2.22. The molecule has 0 fully saturated rings. The number of halogens is 1. The van der Waals surface area contributed by atoms with Gasteiger partial charge in [0.2, 0.25) is 0 Å². The predicted octanol–water partition coefficient (Wildman–Crippen LogP) is 2.95. The summed E-state index contributed by atoms with van der Waals surface area (Å²) in [5.41, 5.74) is 7.98. The Balaban J connectivity index is 2.62. The van der Waals surface area contributed by atoms with Crippen molar-refractivity contribution < 1.29 is 0 Å². The van der Waals surface area contributed by atoms with E-state index in [1.165, 1.54) is 5.39 Å². The molecule has 1 aromatic heterocycles. The molecule has 1 heterocycles. The first-order valence-corrected chi connectivity index (χ1v) is 5.00. The number of fused-ring (bicyclic) bond motifs is 1. The first-order valence-electron chi connectivity index (χ1n) is 4.20. The topological polar surface area (TPSA) is 41.8 Å². The molecule has 0 spiro atoms. The van der Waals surface area contributed by atoms with Crippen LogP contribution in [0.1, 0.15) is 18.7 Å². The Morgan fingerprint density at radius 2 is 2.15 bits per heavy atom. The molecule has 0 amide bonds. The number of hydrogen-bond acceptors (Lipinski definition) is 1. The van der Waals surface area contributed by atoms with Gasteiger partial charge in [-0.25, -0.2) is 0 Å². The van der Waals surface area contributed by atoms with Gasteiger partial charge in [0.15, 0.2) is 0 Å². The van der Waals surface area contributed by atoms with Crippen LogP contribution in [0.25, 0.3) is 10.9 Å². The lowest BCUT2D eigenvalue weighted by atomic mass is 10.2. The third kappa shape index (κ3) is 1.62. The average Bonchev–Trinajstić information content (AvgIpc) is 2.46. The standard InChI is InChI=1S/C10H11BrN2/c1-6(12)10-5-7-4-8(11)2-3-9(7)13-10/h2-6,13H,12H2,1H3/t6-/m1/s1. The quantitative estimate of drug-likeness (QED) is 0.789. The van der Waals surface area contributed by atoms with Gasteiger partial charge in [0, 0.05) is 27.1 Å². The summed E-state index contributed by atoms with van der Waals surface area (Å²) in [4.78, 5) is 3.28. The van der Waals surface area contributed by atoms with Crippen LogP contribution in [0.2, 0.25) is 0 Å². The molecule has 0 radical (unpaired) electrons. The lowest BCUT2D eigenvalue weighted by Gasteiger charge is -1.98. The van der Waals surface area contributed by atoms with E-state index >= 15 is 0 Å².